The van der Waals surface area contributed by atoms with E-state index in [-0.39, 0.29) is 11.0 Å². The van der Waals surface area contributed by atoms with E-state index in [0.29, 0.717) is 34.4 Å². The second-order valence-corrected chi connectivity index (χ2v) is 19.5. The highest BCUT2D eigenvalue weighted by atomic mass is 32.2. The van der Waals surface area contributed by atoms with Gasteiger partial charge in [0, 0.05) is 6.61 Å². The predicted octanol–water partition coefficient (Wildman–Crippen LogP) is 9.14. The van der Waals surface area contributed by atoms with Gasteiger partial charge in [-0.2, -0.15) is 8.42 Å². The Kier molecular flexibility index (Phi) is 13.9. The second kappa shape index (κ2) is 15.0. The predicted molar refractivity (Wildman–Crippen MR) is 156 cm³/mol. The second-order valence-electron chi connectivity index (χ2n) is 12.4. The van der Waals surface area contributed by atoms with E-state index in [2.05, 4.69) is 69.2 Å². The minimum atomic E-state index is -3.79. The summed E-state index contributed by atoms with van der Waals surface area (Å²) < 4.78 is 38.9. The van der Waals surface area contributed by atoms with Crippen LogP contribution in [-0.2, 0) is 18.7 Å². The summed E-state index contributed by atoms with van der Waals surface area (Å²) in [6.07, 6.45) is 4.37. The van der Waals surface area contributed by atoms with Gasteiger partial charge in [-0.3, -0.25) is 4.18 Å². The fraction of sp³-hybridized carbons (Fsp3) is 0.800. The fourth-order valence-electron chi connectivity index (χ4n) is 6.26. The van der Waals surface area contributed by atoms with Crippen LogP contribution in [0.15, 0.2) is 29.2 Å². The third-order valence-electron chi connectivity index (χ3n) is 7.81. The first kappa shape index (κ1) is 33.3. The molecule has 0 N–H and O–H groups in total. The van der Waals surface area contributed by atoms with Crippen molar-refractivity contribution < 1.29 is 17.0 Å². The highest BCUT2D eigenvalue weighted by Crippen LogP contribution is 2.42. The molecule has 1 aromatic rings. The van der Waals surface area contributed by atoms with Gasteiger partial charge in [0.05, 0.1) is 11.0 Å². The molecule has 0 aliphatic rings. The zero-order valence-corrected chi connectivity index (χ0v) is 27.0. The van der Waals surface area contributed by atoms with Gasteiger partial charge in [-0.05, 0) is 72.7 Å². The van der Waals surface area contributed by atoms with Crippen molar-refractivity contribution in [2.45, 2.75) is 136 Å². The Hall–Kier alpha value is -0.693. The van der Waals surface area contributed by atoms with Gasteiger partial charge in [-0.15, -0.1) is 0 Å². The topological polar surface area (TPSA) is 52.6 Å². The maximum Gasteiger partial charge on any atom is 0.297 e. The standard InChI is InChI=1S/C30H56O4SSi/c1-12-13-26(9)19-29(34-35(31,32)30-16-14-25(8)15-17-30)20-27(10)18-28(11)21-33-36(22(2)3,23(4)5)24(6)7/h14-17,22-24,26-29H,12-13,18-21H2,1-11H3/t26-,27+,28+,29-/m0/s1. The summed E-state index contributed by atoms with van der Waals surface area (Å²) in [5.41, 5.74) is 2.76. The molecular weight excluding hydrogens is 484 g/mol. The lowest BCUT2D eigenvalue weighted by atomic mass is 9.89. The molecule has 0 saturated carbocycles. The lowest BCUT2D eigenvalue weighted by Gasteiger charge is -2.43. The maximum absolute atomic E-state index is 13.1. The lowest BCUT2D eigenvalue weighted by molar-refractivity contribution is 0.135. The molecule has 210 valence electrons. The van der Waals surface area contributed by atoms with E-state index < -0.39 is 18.4 Å². The van der Waals surface area contributed by atoms with E-state index in [4.69, 9.17) is 8.61 Å². The van der Waals surface area contributed by atoms with E-state index in [9.17, 15) is 8.42 Å². The molecule has 0 aliphatic carbocycles. The van der Waals surface area contributed by atoms with Crippen LogP contribution in [-0.4, -0.2) is 29.4 Å². The molecule has 1 rings (SSSR count). The average molecular weight is 541 g/mol. The van der Waals surface area contributed by atoms with Crippen molar-refractivity contribution in [2.75, 3.05) is 6.61 Å². The molecule has 1 aromatic carbocycles. The molecule has 0 fully saturated rings. The van der Waals surface area contributed by atoms with Gasteiger partial charge in [0.1, 0.15) is 0 Å². The van der Waals surface area contributed by atoms with Gasteiger partial charge in [0.25, 0.3) is 10.1 Å². The van der Waals surface area contributed by atoms with E-state index in [1.54, 1.807) is 12.1 Å². The molecule has 0 amide bonds. The summed E-state index contributed by atoms with van der Waals surface area (Å²) in [5.74, 6) is 1.20. The Morgan fingerprint density at radius 1 is 0.750 bits per heavy atom. The lowest BCUT2D eigenvalue weighted by Crippen LogP contribution is -2.48. The van der Waals surface area contributed by atoms with E-state index >= 15 is 0 Å². The summed E-state index contributed by atoms with van der Waals surface area (Å²) in [5, 5.41) is 0. The Labute approximate surface area is 225 Å². The van der Waals surface area contributed by atoms with Crippen LogP contribution in [0, 0.1) is 24.7 Å². The van der Waals surface area contributed by atoms with Crippen LogP contribution in [0.25, 0.3) is 0 Å². The van der Waals surface area contributed by atoms with E-state index in [1.807, 2.05) is 19.1 Å². The van der Waals surface area contributed by atoms with Crippen molar-refractivity contribution in [3.05, 3.63) is 29.8 Å². The van der Waals surface area contributed by atoms with Gasteiger partial charge >= 0.3 is 0 Å². The SMILES string of the molecule is CCC[C@H](C)C[C@@H](C[C@H](C)C[C@@H](C)CO[Si](C(C)C)(C(C)C)C(C)C)OS(=O)(=O)c1ccc(C)cc1. The number of hydrogen-bond donors (Lipinski definition) is 0. The van der Waals surface area contributed by atoms with E-state index in [0.717, 1.165) is 44.3 Å². The third kappa shape index (κ3) is 9.88. The molecule has 0 aliphatic heterocycles. The first-order chi connectivity index (χ1) is 16.6. The van der Waals surface area contributed by atoms with Crippen LogP contribution in [0.2, 0.25) is 16.6 Å². The number of benzene rings is 1. The fourth-order valence-corrected chi connectivity index (χ4v) is 12.9. The first-order valence-corrected chi connectivity index (χ1v) is 17.8. The van der Waals surface area contributed by atoms with Crippen molar-refractivity contribution in [1.29, 1.82) is 0 Å². The minimum Gasteiger partial charge on any atom is -0.416 e. The molecule has 36 heavy (non-hydrogen) atoms. The van der Waals surface area contributed by atoms with Crippen LogP contribution in [0.5, 0.6) is 0 Å². The van der Waals surface area contributed by atoms with Gasteiger partial charge in [0.15, 0.2) is 8.32 Å². The molecule has 0 unspecified atom stereocenters. The quantitative estimate of drug-likeness (QED) is 0.146. The summed E-state index contributed by atoms with van der Waals surface area (Å²) >= 11 is 0. The van der Waals surface area contributed by atoms with Gasteiger partial charge in [-0.25, -0.2) is 0 Å². The summed E-state index contributed by atoms with van der Waals surface area (Å²) in [6, 6.07) is 6.94. The van der Waals surface area contributed by atoms with Gasteiger partial charge in [-0.1, -0.05) is 99.8 Å². The molecular formula is C30H56O4SSi. The molecule has 0 aromatic heterocycles. The van der Waals surface area contributed by atoms with Gasteiger partial charge < -0.3 is 4.43 Å². The van der Waals surface area contributed by atoms with Crippen LogP contribution < -0.4 is 0 Å². The van der Waals surface area contributed by atoms with Crippen LogP contribution in [0.1, 0.15) is 107 Å². The summed E-state index contributed by atoms with van der Waals surface area (Å²) in [7, 11) is -5.67. The molecule has 0 bridgehead atoms. The van der Waals surface area contributed by atoms with Crippen molar-refractivity contribution in [1.82, 2.24) is 0 Å². The zero-order valence-electron chi connectivity index (χ0n) is 25.1. The van der Waals surface area contributed by atoms with E-state index in [1.165, 1.54) is 0 Å². The molecule has 4 nitrogen and oxygen atoms in total. The number of rotatable bonds is 17. The van der Waals surface area contributed by atoms with Crippen molar-refractivity contribution in [2.24, 2.45) is 17.8 Å². The third-order valence-corrected chi connectivity index (χ3v) is 15.3. The largest absolute Gasteiger partial charge is 0.416 e. The smallest absolute Gasteiger partial charge is 0.297 e. The zero-order chi connectivity index (χ0) is 27.7. The molecule has 4 atom stereocenters. The summed E-state index contributed by atoms with van der Waals surface area (Å²) in [6.45, 7) is 25.6. The van der Waals surface area contributed by atoms with Gasteiger partial charge in [0.2, 0.25) is 0 Å². The minimum absolute atomic E-state index is 0.244. The highest BCUT2D eigenvalue weighted by molar-refractivity contribution is 7.86. The first-order valence-electron chi connectivity index (χ1n) is 14.3. The monoisotopic (exact) mass is 540 g/mol. The molecule has 0 spiro atoms. The van der Waals surface area contributed by atoms with Crippen LogP contribution >= 0.6 is 0 Å². The Bertz CT molecular complexity index is 826. The number of hydrogen-bond acceptors (Lipinski definition) is 4. The Morgan fingerprint density at radius 3 is 1.72 bits per heavy atom. The van der Waals surface area contributed by atoms with Crippen LogP contribution in [0.3, 0.4) is 0 Å². The Morgan fingerprint density at radius 2 is 1.25 bits per heavy atom. The Balaban J connectivity index is 2.89. The van der Waals surface area contributed by atoms with Crippen LogP contribution in [0.4, 0.5) is 0 Å². The molecule has 6 heteroatoms. The molecule has 0 saturated heterocycles. The van der Waals surface area contributed by atoms with Crippen molar-refractivity contribution in [3.8, 4) is 0 Å². The molecule has 0 heterocycles. The van der Waals surface area contributed by atoms with Crippen molar-refractivity contribution in [3.63, 3.8) is 0 Å². The number of aryl methyl sites for hydroxylation is 1. The van der Waals surface area contributed by atoms with Crippen molar-refractivity contribution >= 4 is 18.4 Å². The summed E-state index contributed by atoms with van der Waals surface area (Å²) in [4.78, 5) is 0.244. The molecule has 0 radical (unpaired) electrons. The highest BCUT2D eigenvalue weighted by Gasteiger charge is 2.45. The maximum atomic E-state index is 13.1. The average Bonchev–Trinajstić information content (AvgIpc) is 2.73. The normalized spacial score (nSPS) is 16.5.